The summed E-state index contributed by atoms with van der Waals surface area (Å²) in [6.07, 6.45) is 4.72. The Labute approximate surface area is 191 Å². The van der Waals surface area contributed by atoms with Gasteiger partial charge in [-0.3, -0.25) is 4.79 Å². The van der Waals surface area contributed by atoms with Gasteiger partial charge >= 0.3 is 21.7 Å². The summed E-state index contributed by atoms with van der Waals surface area (Å²) in [6.45, 7) is 11.0. The molecule has 1 aliphatic heterocycles. The largest absolute Gasteiger partial charge is 3.00 e. The maximum atomic E-state index is 13.3. The molecule has 1 heterocycles. The summed E-state index contributed by atoms with van der Waals surface area (Å²) in [6, 6.07) is 9.41. The molecule has 2 nitrogen and oxygen atoms in total. The Morgan fingerprint density at radius 3 is 2.33 bits per heavy atom. The zero-order valence-corrected chi connectivity index (χ0v) is 21.4. The topological polar surface area (TPSA) is 26.3 Å². The summed E-state index contributed by atoms with van der Waals surface area (Å²) in [7, 11) is -3.60. The third-order valence-corrected chi connectivity index (χ3v) is 10.3. The minimum atomic E-state index is -1.87. The van der Waals surface area contributed by atoms with E-state index >= 15 is 0 Å². The third-order valence-electron chi connectivity index (χ3n) is 5.07. The molecule has 1 radical (unpaired) electrons. The Kier molecular flexibility index (Phi) is 7.47. The van der Waals surface area contributed by atoms with Crippen molar-refractivity contribution >= 4 is 27.7 Å². The van der Waals surface area contributed by atoms with Gasteiger partial charge in [0.1, 0.15) is 5.76 Å². The number of Topliss-reactive ketones (excluding diaryl/α,β-unsaturated/α-hetero) is 1. The minimum absolute atomic E-state index is 0. The second kappa shape index (κ2) is 8.17. The van der Waals surface area contributed by atoms with Gasteiger partial charge in [0.25, 0.3) is 0 Å². The second-order valence-corrected chi connectivity index (χ2v) is 16.7. The number of carbonyl (C=O) groups excluding carboxylic acids is 1. The van der Waals surface area contributed by atoms with Crippen LogP contribution in [-0.4, -0.2) is 22.2 Å². The summed E-state index contributed by atoms with van der Waals surface area (Å²) in [4.78, 5) is 13.3. The molecule has 1 atom stereocenters. The Bertz CT molecular complexity index is 884. The van der Waals surface area contributed by atoms with Crippen LogP contribution in [0.15, 0.2) is 46.0 Å². The number of fused-ring (bicyclic) bond motifs is 4. The molecular formula is C20H23Cl2O2Si2Ti. The molecule has 0 aromatic heterocycles. The molecular weight excluding hydrogens is 447 g/mol. The number of hydrogen-bond donors (Lipinski definition) is 0. The molecule has 141 valence electrons. The van der Waals surface area contributed by atoms with Crippen molar-refractivity contribution in [2.45, 2.75) is 45.6 Å². The first-order valence-electron chi connectivity index (χ1n) is 8.75. The van der Waals surface area contributed by atoms with E-state index in [0.29, 0.717) is 5.76 Å². The molecule has 0 saturated carbocycles. The Morgan fingerprint density at radius 1 is 1.11 bits per heavy atom. The summed E-state index contributed by atoms with van der Waals surface area (Å²) in [5, 5.41) is 2.46. The molecule has 0 spiro atoms. The molecule has 1 unspecified atom stereocenters. The van der Waals surface area contributed by atoms with Crippen LogP contribution in [0, 0.1) is 6.08 Å². The maximum absolute atomic E-state index is 13.3. The molecule has 27 heavy (non-hydrogen) atoms. The molecule has 7 heteroatoms. The second-order valence-electron chi connectivity index (χ2n) is 8.13. The van der Waals surface area contributed by atoms with Gasteiger partial charge in [0.05, 0.1) is 8.07 Å². The van der Waals surface area contributed by atoms with Gasteiger partial charge in [-0.2, -0.15) is 0 Å². The van der Waals surface area contributed by atoms with Gasteiger partial charge in [0, 0.05) is 0 Å². The quantitative estimate of drug-likeness (QED) is 0.409. The fraction of sp³-hybridized carbons (Fsp3) is 0.350. The summed E-state index contributed by atoms with van der Waals surface area (Å²) in [5.74, 6) is 0.778. The standard InChI is InChI=1S/C20H23O2Si2.2ClH.Ti/c1-6-11-24(5)19-15-12-13-9-7-8-10-14(13)16(15)18(17(21)20(19)24)22-23(2,3)4;;;/h7-10H,6,11H2,1-5H3;2*1H;/q-1;;;+3/p-2. The summed E-state index contributed by atoms with van der Waals surface area (Å²) in [5.41, 5.74) is 4.40. The molecule has 0 saturated heterocycles. The Morgan fingerprint density at radius 2 is 1.74 bits per heavy atom. The van der Waals surface area contributed by atoms with E-state index in [2.05, 4.69) is 51.3 Å². The van der Waals surface area contributed by atoms with E-state index < -0.39 is 16.4 Å². The number of ketones is 1. The average Bonchev–Trinajstić information content (AvgIpc) is 2.92. The van der Waals surface area contributed by atoms with E-state index in [1.807, 2.05) is 12.1 Å². The minimum Gasteiger partial charge on any atom is -1.00 e. The molecule has 0 fully saturated rings. The zero-order valence-electron chi connectivity index (χ0n) is 16.3. The van der Waals surface area contributed by atoms with Gasteiger partial charge in [0.15, 0.2) is 0 Å². The van der Waals surface area contributed by atoms with E-state index in [1.54, 1.807) is 0 Å². The monoisotopic (exact) mass is 469 g/mol. The number of hydrogen-bond acceptors (Lipinski definition) is 2. The number of benzene rings is 1. The van der Waals surface area contributed by atoms with Crippen molar-refractivity contribution < 1.29 is 55.8 Å². The van der Waals surface area contributed by atoms with Gasteiger partial charge in [-0.15, -0.1) is 34.0 Å². The number of allylic oxidation sites excluding steroid dienone is 4. The van der Waals surface area contributed by atoms with Crippen LogP contribution in [0.25, 0.3) is 5.57 Å². The number of halogens is 2. The molecule has 2 aliphatic carbocycles. The van der Waals surface area contributed by atoms with Crippen LogP contribution < -0.4 is 24.8 Å². The maximum Gasteiger partial charge on any atom is 3.00 e. The van der Waals surface area contributed by atoms with Crippen molar-refractivity contribution in [2.24, 2.45) is 0 Å². The molecule has 4 rings (SSSR count). The van der Waals surface area contributed by atoms with Crippen LogP contribution in [0.1, 0.15) is 24.5 Å². The summed E-state index contributed by atoms with van der Waals surface area (Å²) >= 11 is 0. The van der Waals surface area contributed by atoms with Gasteiger partial charge in [-0.05, 0) is 24.8 Å². The Balaban J connectivity index is 0.00000121. The van der Waals surface area contributed by atoms with Crippen molar-refractivity contribution in [3.63, 3.8) is 0 Å². The molecule has 0 bridgehead atoms. The predicted molar refractivity (Wildman–Crippen MR) is 102 cm³/mol. The Hall–Kier alpha value is -0.362. The van der Waals surface area contributed by atoms with E-state index in [4.69, 9.17) is 4.43 Å². The number of rotatable bonds is 4. The van der Waals surface area contributed by atoms with E-state index in [1.165, 1.54) is 10.8 Å². The van der Waals surface area contributed by atoms with Crippen molar-refractivity contribution in [2.75, 3.05) is 0 Å². The first-order chi connectivity index (χ1) is 11.3. The van der Waals surface area contributed by atoms with Gasteiger partial charge < -0.3 is 29.2 Å². The number of carbonyl (C=O) groups is 1. The molecule has 0 N–H and O–H groups in total. The molecule has 1 aromatic rings. The SMILES string of the molecule is CCC[Si]1(C)C2=C1C1=[C-]c3ccccc3C1=C(O[Si](C)(C)C)C2=O.[Cl-].[Cl-].[Ti+3]. The fourth-order valence-corrected chi connectivity index (χ4v) is 9.49. The van der Waals surface area contributed by atoms with Crippen LogP contribution in [0.3, 0.4) is 0 Å². The van der Waals surface area contributed by atoms with E-state index in [9.17, 15) is 4.79 Å². The smallest absolute Gasteiger partial charge is 1.00 e. The molecule has 3 aliphatic rings. The normalized spacial score (nSPS) is 21.8. The third kappa shape index (κ3) is 3.77. The first kappa shape index (κ1) is 24.7. The van der Waals surface area contributed by atoms with Gasteiger partial charge in [-0.1, -0.05) is 49.7 Å². The summed E-state index contributed by atoms with van der Waals surface area (Å²) < 4.78 is 6.33. The van der Waals surface area contributed by atoms with Crippen molar-refractivity contribution in [3.05, 3.63) is 63.2 Å². The first-order valence-corrected chi connectivity index (χ1v) is 14.9. The van der Waals surface area contributed by atoms with Crippen LogP contribution in [-0.2, 0) is 30.9 Å². The van der Waals surface area contributed by atoms with Crippen LogP contribution in [0.2, 0.25) is 32.2 Å². The van der Waals surface area contributed by atoms with E-state index in [0.717, 1.165) is 34.4 Å². The van der Waals surface area contributed by atoms with Crippen LogP contribution in [0.4, 0.5) is 0 Å². The average molecular weight is 470 g/mol. The van der Waals surface area contributed by atoms with Crippen molar-refractivity contribution in [3.8, 4) is 0 Å². The van der Waals surface area contributed by atoms with Gasteiger partial charge in [0.2, 0.25) is 14.1 Å². The van der Waals surface area contributed by atoms with Crippen LogP contribution in [0.5, 0.6) is 0 Å². The molecule has 0 amide bonds. The van der Waals surface area contributed by atoms with E-state index in [-0.39, 0.29) is 52.3 Å². The fourth-order valence-electron chi connectivity index (χ4n) is 4.12. The van der Waals surface area contributed by atoms with Crippen molar-refractivity contribution in [1.82, 2.24) is 0 Å². The molecule has 1 aromatic carbocycles. The van der Waals surface area contributed by atoms with Crippen molar-refractivity contribution in [1.29, 1.82) is 0 Å². The predicted octanol–water partition coefficient (Wildman–Crippen LogP) is -1.19. The van der Waals surface area contributed by atoms with Gasteiger partial charge in [-0.25, -0.2) is 0 Å². The van der Waals surface area contributed by atoms with Crippen LogP contribution >= 0.6 is 0 Å². The zero-order chi connectivity index (χ0) is 17.3.